The van der Waals surface area contributed by atoms with Crippen molar-refractivity contribution in [2.75, 3.05) is 39.8 Å². The van der Waals surface area contributed by atoms with Crippen LogP contribution in [0.15, 0.2) is 24.3 Å². The van der Waals surface area contributed by atoms with Gasteiger partial charge < -0.3 is 9.80 Å². The first-order valence-corrected chi connectivity index (χ1v) is 10.4. The molecule has 1 atom stereocenters. The molecule has 0 aromatic heterocycles. The van der Waals surface area contributed by atoms with Gasteiger partial charge in [0.25, 0.3) is 0 Å². The summed E-state index contributed by atoms with van der Waals surface area (Å²) in [4.78, 5) is 19.6. The zero-order chi connectivity index (χ0) is 18.1. The molecule has 0 N–H and O–H groups in total. The normalized spacial score (nSPS) is 27.4. The first kappa shape index (κ1) is 18.3. The van der Waals surface area contributed by atoms with Crippen LogP contribution >= 0.6 is 11.6 Å². The second-order valence-electron chi connectivity index (χ2n) is 8.59. The molecule has 1 amide bonds. The van der Waals surface area contributed by atoms with Gasteiger partial charge in [0, 0.05) is 37.1 Å². The summed E-state index contributed by atoms with van der Waals surface area (Å²) in [6.45, 7) is 6.29. The minimum Gasteiger partial charge on any atom is -0.338 e. The van der Waals surface area contributed by atoms with Gasteiger partial charge in [-0.3, -0.25) is 9.69 Å². The van der Waals surface area contributed by atoms with Crippen LogP contribution in [0.5, 0.6) is 0 Å². The van der Waals surface area contributed by atoms with Gasteiger partial charge in [-0.15, -0.1) is 0 Å². The molecule has 0 bridgehead atoms. The molecule has 4 nitrogen and oxygen atoms in total. The third kappa shape index (κ3) is 3.78. The van der Waals surface area contributed by atoms with Gasteiger partial charge >= 0.3 is 0 Å². The van der Waals surface area contributed by atoms with Crippen LogP contribution in [0.25, 0.3) is 0 Å². The molecule has 0 saturated carbocycles. The van der Waals surface area contributed by atoms with Crippen LogP contribution in [-0.2, 0) is 11.3 Å². The molecule has 0 radical (unpaired) electrons. The number of halogens is 1. The highest BCUT2D eigenvalue weighted by Crippen LogP contribution is 2.41. The van der Waals surface area contributed by atoms with Crippen molar-refractivity contribution in [3.05, 3.63) is 34.9 Å². The standard InChI is InChI=1S/C21H30ClN3O/c1-23-11-7-18(15-23)25-16-21(8-6-20(25)26)9-12-24(13-10-21)14-17-4-2-3-5-19(17)22/h2-5,18H,6-16H2,1H3/t18-/m1/s1. The maximum Gasteiger partial charge on any atom is 0.222 e. The summed E-state index contributed by atoms with van der Waals surface area (Å²) in [6, 6.07) is 8.60. The summed E-state index contributed by atoms with van der Waals surface area (Å²) < 4.78 is 0. The predicted molar refractivity (Wildman–Crippen MR) is 105 cm³/mol. The number of benzene rings is 1. The fourth-order valence-corrected chi connectivity index (χ4v) is 5.20. The smallest absolute Gasteiger partial charge is 0.222 e. The van der Waals surface area contributed by atoms with Gasteiger partial charge in [-0.25, -0.2) is 0 Å². The molecule has 142 valence electrons. The van der Waals surface area contributed by atoms with E-state index < -0.39 is 0 Å². The topological polar surface area (TPSA) is 26.8 Å². The van der Waals surface area contributed by atoms with Crippen LogP contribution in [-0.4, -0.2) is 66.4 Å². The highest BCUT2D eigenvalue weighted by Gasteiger charge is 2.43. The number of hydrogen-bond donors (Lipinski definition) is 0. The Morgan fingerprint density at radius 2 is 1.92 bits per heavy atom. The fraction of sp³-hybridized carbons (Fsp3) is 0.667. The van der Waals surface area contributed by atoms with E-state index in [4.69, 9.17) is 11.6 Å². The van der Waals surface area contributed by atoms with Crippen molar-refractivity contribution in [1.29, 1.82) is 0 Å². The number of rotatable bonds is 3. The Kier molecular flexibility index (Phi) is 5.27. The van der Waals surface area contributed by atoms with Crippen LogP contribution in [0.3, 0.4) is 0 Å². The van der Waals surface area contributed by atoms with Crippen molar-refractivity contribution in [3.63, 3.8) is 0 Å². The number of likely N-dealkylation sites (N-methyl/N-ethyl adjacent to an activating group) is 1. The first-order chi connectivity index (χ1) is 12.5. The van der Waals surface area contributed by atoms with Crippen molar-refractivity contribution >= 4 is 17.5 Å². The maximum absolute atomic E-state index is 12.5. The van der Waals surface area contributed by atoms with Gasteiger partial charge in [-0.1, -0.05) is 29.8 Å². The molecule has 1 aromatic rings. The molecule has 3 aliphatic rings. The first-order valence-electron chi connectivity index (χ1n) is 9.98. The molecule has 5 heteroatoms. The number of amides is 1. The van der Waals surface area contributed by atoms with Crippen molar-refractivity contribution < 1.29 is 4.79 Å². The SMILES string of the molecule is CN1CC[C@@H](N2CC3(CCC2=O)CCN(Cc2ccccc2Cl)CC3)C1. The largest absolute Gasteiger partial charge is 0.338 e. The van der Waals surface area contributed by atoms with Gasteiger partial charge in [0.1, 0.15) is 0 Å². The molecule has 0 unspecified atom stereocenters. The average molecular weight is 376 g/mol. The predicted octanol–water partition coefficient (Wildman–Crippen LogP) is 3.25. The van der Waals surface area contributed by atoms with Gasteiger partial charge in [-0.05, 0) is 69.4 Å². The third-order valence-corrected chi connectivity index (χ3v) is 7.14. The Hall–Kier alpha value is -1.10. The van der Waals surface area contributed by atoms with E-state index in [2.05, 4.69) is 33.9 Å². The van der Waals surface area contributed by atoms with Crippen molar-refractivity contribution in [2.45, 2.75) is 44.7 Å². The lowest BCUT2D eigenvalue weighted by molar-refractivity contribution is -0.142. The number of likely N-dealkylation sites (tertiary alicyclic amines) is 3. The van der Waals surface area contributed by atoms with Gasteiger partial charge in [0.05, 0.1) is 0 Å². The second-order valence-corrected chi connectivity index (χ2v) is 9.00. The molecule has 3 aliphatic heterocycles. The quantitative estimate of drug-likeness (QED) is 0.811. The molecular formula is C21H30ClN3O. The van der Waals surface area contributed by atoms with Crippen LogP contribution in [0.2, 0.25) is 5.02 Å². The average Bonchev–Trinajstić information content (AvgIpc) is 3.07. The number of hydrogen-bond acceptors (Lipinski definition) is 3. The van der Waals surface area contributed by atoms with Crippen LogP contribution < -0.4 is 0 Å². The summed E-state index contributed by atoms with van der Waals surface area (Å²) in [5, 5.41) is 0.868. The van der Waals surface area contributed by atoms with E-state index >= 15 is 0 Å². The monoisotopic (exact) mass is 375 g/mol. The lowest BCUT2D eigenvalue weighted by Gasteiger charge is -2.49. The van der Waals surface area contributed by atoms with E-state index in [0.29, 0.717) is 17.4 Å². The Morgan fingerprint density at radius 3 is 2.62 bits per heavy atom. The summed E-state index contributed by atoms with van der Waals surface area (Å²) in [5.74, 6) is 0.384. The van der Waals surface area contributed by atoms with E-state index in [1.807, 2.05) is 12.1 Å². The van der Waals surface area contributed by atoms with Crippen molar-refractivity contribution in [1.82, 2.24) is 14.7 Å². The minimum absolute atomic E-state index is 0.339. The van der Waals surface area contributed by atoms with E-state index in [-0.39, 0.29) is 0 Å². The number of piperidine rings is 2. The number of carbonyl (C=O) groups excluding carboxylic acids is 1. The zero-order valence-corrected chi connectivity index (χ0v) is 16.5. The molecule has 26 heavy (non-hydrogen) atoms. The van der Waals surface area contributed by atoms with Gasteiger partial charge in [-0.2, -0.15) is 0 Å². The Bertz CT molecular complexity index is 656. The van der Waals surface area contributed by atoms with Gasteiger partial charge in [0.2, 0.25) is 5.91 Å². The van der Waals surface area contributed by atoms with E-state index in [1.165, 1.54) is 18.4 Å². The van der Waals surface area contributed by atoms with Crippen molar-refractivity contribution in [3.8, 4) is 0 Å². The molecule has 3 heterocycles. The summed E-state index contributed by atoms with van der Waals surface area (Å²) in [7, 11) is 2.16. The van der Waals surface area contributed by atoms with E-state index in [9.17, 15) is 4.79 Å². The minimum atomic E-state index is 0.339. The zero-order valence-electron chi connectivity index (χ0n) is 15.8. The fourth-order valence-electron chi connectivity index (χ4n) is 5.00. The van der Waals surface area contributed by atoms with Gasteiger partial charge in [0.15, 0.2) is 0 Å². The van der Waals surface area contributed by atoms with E-state index in [1.54, 1.807) is 0 Å². The third-order valence-electron chi connectivity index (χ3n) is 6.77. The maximum atomic E-state index is 12.5. The highest BCUT2D eigenvalue weighted by atomic mass is 35.5. The number of nitrogens with zero attached hydrogens (tertiary/aromatic N) is 3. The summed E-state index contributed by atoms with van der Waals surface area (Å²) >= 11 is 6.33. The molecule has 1 spiro atoms. The highest BCUT2D eigenvalue weighted by molar-refractivity contribution is 6.31. The Balaban J connectivity index is 1.37. The van der Waals surface area contributed by atoms with Crippen LogP contribution in [0, 0.1) is 5.41 Å². The van der Waals surface area contributed by atoms with Crippen LogP contribution in [0.1, 0.15) is 37.7 Å². The Labute approximate surface area is 162 Å². The molecular weight excluding hydrogens is 346 g/mol. The molecule has 3 fully saturated rings. The number of carbonyl (C=O) groups is 1. The summed E-state index contributed by atoms with van der Waals surface area (Å²) in [6.07, 6.45) is 5.35. The second kappa shape index (κ2) is 7.49. The Morgan fingerprint density at radius 1 is 1.15 bits per heavy atom. The molecule has 1 aromatic carbocycles. The lowest BCUT2D eigenvalue weighted by atomic mass is 9.72. The lowest BCUT2D eigenvalue weighted by Crippen LogP contribution is -2.54. The molecule has 4 rings (SSSR count). The van der Waals surface area contributed by atoms with E-state index in [0.717, 1.165) is 63.6 Å². The molecule has 3 saturated heterocycles. The van der Waals surface area contributed by atoms with Crippen molar-refractivity contribution in [2.24, 2.45) is 5.41 Å². The van der Waals surface area contributed by atoms with Crippen LogP contribution in [0.4, 0.5) is 0 Å². The summed E-state index contributed by atoms with van der Waals surface area (Å²) in [5.41, 5.74) is 1.56. The molecule has 0 aliphatic carbocycles.